The van der Waals surface area contributed by atoms with Crippen LogP contribution >= 0.6 is 0 Å². The Balaban J connectivity index is 1.41. The van der Waals surface area contributed by atoms with E-state index in [1.807, 2.05) is 18.2 Å². The summed E-state index contributed by atoms with van der Waals surface area (Å²) in [5.74, 6) is -0.641. The van der Waals surface area contributed by atoms with E-state index in [-0.39, 0.29) is 19.6 Å². The van der Waals surface area contributed by atoms with Crippen molar-refractivity contribution in [1.82, 2.24) is 10.2 Å². The van der Waals surface area contributed by atoms with Gasteiger partial charge in [0.2, 0.25) is 0 Å². The Kier molecular flexibility index (Phi) is 8.52. The molecule has 4 rings (SSSR count). The highest BCUT2D eigenvalue weighted by atomic mass is 19.1. The van der Waals surface area contributed by atoms with E-state index in [2.05, 4.69) is 11.4 Å². The lowest BCUT2D eigenvalue weighted by Crippen LogP contribution is -2.48. The van der Waals surface area contributed by atoms with Crippen LogP contribution in [0.2, 0.25) is 0 Å². The molecule has 1 saturated heterocycles. The standard InChI is InChI=1S/C30H33FN4O4/c1-30(2,3)39-29(37)35-11-4-12-38-27(18-35)28(36)34-24(17-33)13-22-9-7-21(15-26(22)31)20-8-10-23(16-32)25(14-20)19-5-6-19/h7-10,14-15,19,24,27H,4-6,11-13,18H2,1-3H3,(H,34,36)/t24-,27-/m0/s1. The zero-order valence-corrected chi connectivity index (χ0v) is 22.5. The number of nitriles is 2. The molecule has 1 N–H and O–H groups in total. The van der Waals surface area contributed by atoms with E-state index in [9.17, 15) is 20.1 Å². The van der Waals surface area contributed by atoms with Crippen LogP contribution in [0.3, 0.4) is 0 Å². The van der Waals surface area contributed by atoms with E-state index in [1.54, 1.807) is 39.0 Å². The van der Waals surface area contributed by atoms with Gasteiger partial charge in [0.1, 0.15) is 17.5 Å². The van der Waals surface area contributed by atoms with Gasteiger partial charge in [0.25, 0.3) is 5.91 Å². The number of halogens is 1. The molecule has 1 aliphatic heterocycles. The number of carbonyl (C=O) groups is 2. The molecule has 1 saturated carbocycles. The van der Waals surface area contributed by atoms with Crippen molar-refractivity contribution in [2.75, 3.05) is 19.7 Å². The van der Waals surface area contributed by atoms with Gasteiger partial charge in [-0.3, -0.25) is 4.79 Å². The van der Waals surface area contributed by atoms with Gasteiger partial charge in [0.05, 0.1) is 24.2 Å². The van der Waals surface area contributed by atoms with Crippen LogP contribution in [0.15, 0.2) is 36.4 Å². The second-order valence-corrected chi connectivity index (χ2v) is 11.0. The van der Waals surface area contributed by atoms with Crippen molar-refractivity contribution in [1.29, 1.82) is 10.5 Å². The summed E-state index contributed by atoms with van der Waals surface area (Å²) in [5, 5.41) is 21.7. The van der Waals surface area contributed by atoms with Gasteiger partial charge in [-0.2, -0.15) is 10.5 Å². The Bertz CT molecular complexity index is 1320. The van der Waals surface area contributed by atoms with E-state index in [1.165, 1.54) is 11.0 Å². The lowest BCUT2D eigenvalue weighted by Gasteiger charge is -2.27. The van der Waals surface area contributed by atoms with Crippen molar-refractivity contribution in [2.45, 2.75) is 70.1 Å². The molecule has 9 heteroatoms. The number of nitrogens with zero attached hydrogens (tertiary/aromatic N) is 3. The van der Waals surface area contributed by atoms with E-state index in [0.29, 0.717) is 35.6 Å². The van der Waals surface area contributed by atoms with Crippen molar-refractivity contribution < 1.29 is 23.5 Å². The number of benzene rings is 2. The van der Waals surface area contributed by atoms with Gasteiger partial charge in [-0.25, -0.2) is 9.18 Å². The maximum atomic E-state index is 15.1. The largest absolute Gasteiger partial charge is 0.444 e. The summed E-state index contributed by atoms with van der Waals surface area (Å²) in [4.78, 5) is 26.9. The molecule has 2 fully saturated rings. The maximum Gasteiger partial charge on any atom is 0.410 e. The number of nitrogens with one attached hydrogen (secondary N) is 1. The monoisotopic (exact) mass is 532 g/mol. The van der Waals surface area contributed by atoms with Crippen LogP contribution in [0, 0.1) is 28.5 Å². The van der Waals surface area contributed by atoms with Crippen LogP contribution in [0.4, 0.5) is 9.18 Å². The highest BCUT2D eigenvalue weighted by Gasteiger charge is 2.31. The lowest BCUT2D eigenvalue weighted by atomic mass is 9.95. The molecule has 2 atom stereocenters. The predicted molar refractivity (Wildman–Crippen MR) is 142 cm³/mol. The molecule has 39 heavy (non-hydrogen) atoms. The molecule has 0 bridgehead atoms. The van der Waals surface area contributed by atoms with E-state index in [0.717, 1.165) is 24.0 Å². The van der Waals surface area contributed by atoms with Crippen LogP contribution in [0.25, 0.3) is 11.1 Å². The van der Waals surface area contributed by atoms with Gasteiger partial charge in [-0.05, 0) is 86.4 Å². The number of rotatable bonds is 6. The van der Waals surface area contributed by atoms with Gasteiger partial charge >= 0.3 is 6.09 Å². The maximum absolute atomic E-state index is 15.1. The molecule has 8 nitrogen and oxygen atoms in total. The highest BCUT2D eigenvalue weighted by molar-refractivity contribution is 5.82. The molecule has 2 aliphatic rings. The molecule has 0 radical (unpaired) electrons. The fourth-order valence-corrected chi connectivity index (χ4v) is 4.56. The first-order chi connectivity index (χ1) is 18.6. The van der Waals surface area contributed by atoms with Gasteiger partial charge < -0.3 is 19.7 Å². The number of amides is 2. The molecule has 0 unspecified atom stereocenters. The summed E-state index contributed by atoms with van der Waals surface area (Å²) in [6.07, 6.45) is 1.12. The van der Waals surface area contributed by atoms with E-state index < -0.39 is 35.6 Å². The summed E-state index contributed by atoms with van der Waals surface area (Å²) in [6, 6.07) is 13.6. The molecular formula is C30H33FN4O4. The lowest BCUT2D eigenvalue weighted by molar-refractivity contribution is -0.133. The molecule has 1 aliphatic carbocycles. The molecule has 2 aromatic rings. The van der Waals surface area contributed by atoms with E-state index >= 15 is 4.39 Å². The van der Waals surface area contributed by atoms with Gasteiger partial charge in [-0.1, -0.05) is 18.2 Å². The number of hydrogen-bond acceptors (Lipinski definition) is 6. The third-order valence-electron chi connectivity index (χ3n) is 6.69. The number of ether oxygens (including phenoxy) is 2. The smallest absolute Gasteiger partial charge is 0.410 e. The van der Waals surface area contributed by atoms with E-state index in [4.69, 9.17) is 9.47 Å². The Morgan fingerprint density at radius 3 is 2.54 bits per heavy atom. The normalized spacial score (nSPS) is 18.3. The first-order valence-electron chi connectivity index (χ1n) is 13.2. The minimum Gasteiger partial charge on any atom is -0.444 e. The SMILES string of the molecule is CC(C)(C)OC(=O)N1CCCO[C@H](C(=O)N[C@H](C#N)Cc2ccc(-c3ccc(C#N)c(C4CC4)c3)cc2F)C1. The molecule has 204 valence electrons. The highest BCUT2D eigenvalue weighted by Crippen LogP contribution is 2.43. The Morgan fingerprint density at radius 1 is 1.18 bits per heavy atom. The zero-order chi connectivity index (χ0) is 28.2. The summed E-state index contributed by atoms with van der Waals surface area (Å²) < 4.78 is 26.2. The van der Waals surface area contributed by atoms with Crippen LogP contribution in [0.5, 0.6) is 0 Å². The van der Waals surface area contributed by atoms with Crippen LogP contribution in [0.1, 0.15) is 62.6 Å². The third-order valence-corrected chi connectivity index (χ3v) is 6.69. The zero-order valence-electron chi connectivity index (χ0n) is 22.5. The van der Waals surface area contributed by atoms with Crippen molar-refractivity contribution in [3.8, 4) is 23.3 Å². The molecule has 1 heterocycles. The third kappa shape index (κ3) is 7.34. The van der Waals surface area contributed by atoms with Crippen molar-refractivity contribution in [3.63, 3.8) is 0 Å². The molecule has 2 amide bonds. The van der Waals surface area contributed by atoms with Crippen molar-refractivity contribution >= 4 is 12.0 Å². The first-order valence-corrected chi connectivity index (χ1v) is 13.2. The van der Waals surface area contributed by atoms with Crippen LogP contribution in [-0.2, 0) is 20.7 Å². The molecule has 0 spiro atoms. The Labute approximate surface area is 228 Å². The van der Waals surface area contributed by atoms with Crippen molar-refractivity contribution in [2.24, 2.45) is 0 Å². The number of carbonyl (C=O) groups excluding carboxylic acids is 2. The summed E-state index contributed by atoms with van der Waals surface area (Å²) in [5.41, 5.74) is 2.77. The minimum atomic E-state index is -0.990. The van der Waals surface area contributed by atoms with Gasteiger partial charge in [-0.15, -0.1) is 0 Å². The topological polar surface area (TPSA) is 115 Å². The second-order valence-electron chi connectivity index (χ2n) is 11.0. The summed E-state index contributed by atoms with van der Waals surface area (Å²) in [6.45, 7) is 5.96. The number of hydrogen-bond donors (Lipinski definition) is 1. The second kappa shape index (κ2) is 11.8. The fourth-order valence-electron chi connectivity index (χ4n) is 4.56. The van der Waals surface area contributed by atoms with Crippen molar-refractivity contribution in [3.05, 3.63) is 58.9 Å². The average molecular weight is 533 g/mol. The quantitative estimate of drug-likeness (QED) is 0.570. The van der Waals surface area contributed by atoms with Crippen LogP contribution in [-0.4, -0.2) is 54.3 Å². The Hall–Kier alpha value is -3.95. The average Bonchev–Trinajstić information content (AvgIpc) is 3.75. The first kappa shape index (κ1) is 28.1. The predicted octanol–water partition coefficient (Wildman–Crippen LogP) is 4.82. The molecular weight excluding hydrogens is 499 g/mol. The Morgan fingerprint density at radius 2 is 1.90 bits per heavy atom. The summed E-state index contributed by atoms with van der Waals surface area (Å²) in [7, 11) is 0. The van der Waals surface area contributed by atoms with Gasteiger partial charge in [0, 0.05) is 19.6 Å². The summed E-state index contributed by atoms with van der Waals surface area (Å²) >= 11 is 0. The molecule has 0 aromatic heterocycles. The molecule has 2 aromatic carbocycles. The van der Waals surface area contributed by atoms with Gasteiger partial charge in [0.15, 0.2) is 6.10 Å². The fraction of sp³-hybridized carbons (Fsp3) is 0.467. The minimum absolute atomic E-state index is 0.00457. The van der Waals surface area contributed by atoms with Crippen LogP contribution < -0.4 is 5.32 Å².